The Kier molecular flexibility index (Phi) is 9.27. The number of benzene rings is 2. The third-order valence-electron chi connectivity index (χ3n) is 3.53. The van der Waals surface area contributed by atoms with Crippen molar-refractivity contribution in [2.75, 3.05) is 0 Å². The van der Waals surface area contributed by atoms with Gasteiger partial charge in [-0.05, 0) is 74.2 Å². The molecule has 0 aliphatic carbocycles. The molecule has 0 spiro atoms. The van der Waals surface area contributed by atoms with Crippen LogP contribution in [0.4, 0.5) is 0 Å². The van der Waals surface area contributed by atoms with Crippen molar-refractivity contribution < 1.29 is 25.9 Å². The maximum atomic E-state index is 10.5. The summed E-state index contributed by atoms with van der Waals surface area (Å²) in [6, 6.07) is 8.67. The van der Waals surface area contributed by atoms with Crippen molar-refractivity contribution in [2.24, 2.45) is 0 Å². The predicted octanol–water partition coefficient (Wildman–Crippen LogP) is 2.03. The summed E-state index contributed by atoms with van der Waals surface area (Å²) in [6.45, 7) is 7.25. The fraction of sp³-hybridized carbons (Fsp3) is 0.250. The van der Waals surface area contributed by atoms with E-state index in [0.717, 1.165) is 22.3 Å². The van der Waals surface area contributed by atoms with Crippen LogP contribution in [0.25, 0.3) is 0 Å². The monoisotopic (exact) mass is 410 g/mol. The average Bonchev–Trinajstić information content (AvgIpc) is 2.43. The molecule has 0 bridgehead atoms. The molecule has 2 aromatic carbocycles. The molecule has 0 atom stereocenters. The van der Waals surface area contributed by atoms with Crippen LogP contribution in [0.2, 0.25) is 0 Å². The molecular weight excluding hydrogens is 392 g/mol. The summed E-state index contributed by atoms with van der Waals surface area (Å²) in [7, 11) is -8.58. The van der Waals surface area contributed by atoms with Gasteiger partial charge in [0, 0.05) is 0 Å². The Hall–Kier alpha value is -0.480. The number of rotatable bonds is 2. The van der Waals surface area contributed by atoms with E-state index in [4.69, 9.17) is 0 Å². The molecule has 2 rings (SSSR count). The maximum Gasteiger partial charge on any atom is 2.00 e. The van der Waals surface area contributed by atoms with Crippen LogP contribution in [0.3, 0.4) is 0 Å². The zero-order valence-electron chi connectivity index (χ0n) is 14.4. The second-order valence-corrected chi connectivity index (χ2v) is 8.16. The van der Waals surface area contributed by atoms with Gasteiger partial charge >= 0.3 is 37.7 Å². The van der Waals surface area contributed by atoms with E-state index in [1.54, 1.807) is 26.0 Å². The smallest absolute Gasteiger partial charge is 0.744 e. The molecule has 9 heteroatoms. The first-order valence-electron chi connectivity index (χ1n) is 6.88. The van der Waals surface area contributed by atoms with E-state index in [1.807, 2.05) is 13.8 Å². The Labute approximate surface area is 178 Å². The van der Waals surface area contributed by atoms with Crippen LogP contribution in [0.15, 0.2) is 46.2 Å². The Morgan fingerprint density at radius 3 is 1.08 bits per heavy atom. The fourth-order valence-corrected chi connectivity index (χ4v) is 2.85. The van der Waals surface area contributed by atoms with E-state index in [9.17, 15) is 25.9 Å². The standard InChI is InChI=1S/2C8H10O3S.Ca/c2*1-6-3-4-8(5-7(6)2)12(9,10)11;/h2*3-5H,1-2H3,(H,9,10,11);/q;;+2/p-2. The molecule has 2 aromatic rings. The van der Waals surface area contributed by atoms with Gasteiger partial charge in [0.15, 0.2) is 0 Å². The van der Waals surface area contributed by atoms with Crippen LogP contribution in [-0.2, 0) is 20.2 Å². The van der Waals surface area contributed by atoms with E-state index in [2.05, 4.69) is 0 Å². The quantitative estimate of drug-likeness (QED) is 0.553. The molecule has 0 aromatic heterocycles. The minimum atomic E-state index is -4.29. The molecule has 0 amide bonds. The minimum absolute atomic E-state index is 0. The second kappa shape index (κ2) is 9.45. The molecule has 25 heavy (non-hydrogen) atoms. The molecule has 0 unspecified atom stereocenters. The van der Waals surface area contributed by atoms with Crippen molar-refractivity contribution in [3.05, 3.63) is 58.7 Å². The third-order valence-corrected chi connectivity index (χ3v) is 5.20. The maximum absolute atomic E-state index is 10.5. The molecule has 0 fully saturated rings. The normalized spacial score (nSPS) is 11.1. The largest absolute Gasteiger partial charge is 2.00 e. The third kappa shape index (κ3) is 7.74. The van der Waals surface area contributed by atoms with Gasteiger partial charge in [0.2, 0.25) is 0 Å². The van der Waals surface area contributed by atoms with Gasteiger partial charge in [0.25, 0.3) is 0 Å². The number of hydrogen-bond donors (Lipinski definition) is 0. The Balaban J connectivity index is 0.000000443. The first-order valence-corrected chi connectivity index (χ1v) is 9.70. The van der Waals surface area contributed by atoms with E-state index in [1.165, 1.54) is 24.3 Å². The second-order valence-electron chi connectivity index (χ2n) is 5.40. The summed E-state index contributed by atoms with van der Waals surface area (Å²) in [6.07, 6.45) is 0. The summed E-state index contributed by atoms with van der Waals surface area (Å²) in [5.41, 5.74) is 3.57. The van der Waals surface area contributed by atoms with Crippen LogP contribution >= 0.6 is 0 Å². The van der Waals surface area contributed by atoms with Crippen molar-refractivity contribution in [3.63, 3.8) is 0 Å². The molecule has 0 N–H and O–H groups in total. The zero-order valence-corrected chi connectivity index (χ0v) is 18.3. The summed E-state index contributed by atoms with van der Waals surface area (Å²) in [5.74, 6) is 0. The van der Waals surface area contributed by atoms with Crippen molar-refractivity contribution in [1.29, 1.82) is 0 Å². The Morgan fingerprint density at radius 2 is 0.880 bits per heavy atom. The van der Waals surface area contributed by atoms with Gasteiger partial charge in [0.1, 0.15) is 20.2 Å². The molecular formula is C16H18CaO6S2. The topological polar surface area (TPSA) is 114 Å². The number of hydrogen-bond acceptors (Lipinski definition) is 6. The van der Waals surface area contributed by atoms with Gasteiger partial charge in [-0.15, -0.1) is 0 Å². The predicted molar refractivity (Wildman–Crippen MR) is 93.5 cm³/mol. The van der Waals surface area contributed by atoms with Gasteiger partial charge in [-0.3, -0.25) is 0 Å². The molecule has 0 aliphatic rings. The minimum Gasteiger partial charge on any atom is -0.744 e. The number of aryl methyl sites for hydroxylation is 4. The molecule has 0 aliphatic heterocycles. The summed E-state index contributed by atoms with van der Waals surface area (Å²) < 4.78 is 63.2. The van der Waals surface area contributed by atoms with Crippen LogP contribution in [0.5, 0.6) is 0 Å². The van der Waals surface area contributed by atoms with Crippen molar-refractivity contribution in [1.82, 2.24) is 0 Å². The van der Waals surface area contributed by atoms with E-state index in [0.29, 0.717) is 0 Å². The van der Waals surface area contributed by atoms with Crippen molar-refractivity contribution in [2.45, 2.75) is 37.5 Å². The van der Waals surface area contributed by atoms with Crippen molar-refractivity contribution >= 4 is 58.0 Å². The van der Waals surface area contributed by atoms with Gasteiger partial charge in [-0.2, -0.15) is 0 Å². The molecule has 0 heterocycles. The van der Waals surface area contributed by atoms with Gasteiger partial charge < -0.3 is 9.11 Å². The summed E-state index contributed by atoms with van der Waals surface area (Å²) >= 11 is 0. The first-order chi connectivity index (χ1) is 10.8. The van der Waals surface area contributed by atoms with Gasteiger partial charge in [-0.25, -0.2) is 16.8 Å². The van der Waals surface area contributed by atoms with Crippen LogP contribution in [0.1, 0.15) is 22.3 Å². The molecule has 132 valence electrons. The van der Waals surface area contributed by atoms with E-state index >= 15 is 0 Å². The SMILES string of the molecule is Cc1ccc(S(=O)(=O)[O-])cc1C.Cc1ccc(S(=O)(=O)[O-])cc1C.[Ca+2]. The summed E-state index contributed by atoms with van der Waals surface area (Å²) in [5, 5.41) is 0. The Morgan fingerprint density at radius 1 is 0.600 bits per heavy atom. The molecule has 6 nitrogen and oxygen atoms in total. The van der Waals surface area contributed by atoms with Crippen molar-refractivity contribution in [3.8, 4) is 0 Å². The molecule has 0 saturated carbocycles. The van der Waals surface area contributed by atoms with Gasteiger partial charge in [0.05, 0.1) is 9.79 Å². The molecule has 0 saturated heterocycles. The van der Waals surface area contributed by atoms with Crippen LogP contribution in [-0.4, -0.2) is 63.7 Å². The first kappa shape index (κ1) is 24.5. The summed E-state index contributed by atoms with van der Waals surface area (Å²) in [4.78, 5) is -0.323. The van der Waals surface area contributed by atoms with E-state index < -0.39 is 20.2 Å². The van der Waals surface area contributed by atoms with E-state index in [-0.39, 0.29) is 47.5 Å². The average molecular weight is 411 g/mol. The fourth-order valence-electron chi connectivity index (χ4n) is 1.74. The van der Waals surface area contributed by atoms with Crippen LogP contribution < -0.4 is 0 Å². The zero-order chi connectivity index (χ0) is 18.7. The van der Waals surface area contributed by atoms with Crippen LogP contribution in [0, 0.1) is 27.7 Å². The Bertz CT molecular complexity index is 871. The molecule has 0 radical (unpaired) electrons. The van der Waals surface area contributed by atoms with Gasteiger partial charge in [-0.1, -0.05) is 12.1 Å².